The van der Waals surface area contributed by atoms with Gasteiger partial charge < -0.3 is 9.30 Å². The van der Waals surface area contributed by atoms with Gasteiger partial charge in [-0.3, -0.25) is 4.68 Å². The van der Waals surface area contributed by atoms with E-state index >= 15 is 0 Å². The third kappa shape index (κ3) is 2.22. The summed E-state index contributed by atoms with van der Waals surface area (Å²) in [5, 5.41) is 4.29. The van der Waals surface area contributed by atoms with E-state index < -0.39 is 0 Å². The van der Waals surface area contributed by atoms with Gasteiger partial charge in [-0.1, -0.05) is 0 Å². The SMILES string of the molecule is CCOC(=O)c1cc(-c2ccn(C)n2)cn1C. The molecule has 0 N–H and O–H groups in total. The molecule has 0 amide bonds. The van der Waals surface area contributed by atoms with Crippen LogP contribution in [0.3, 0.4) is 0 Å². The molecule has 0 fully saturated rings. The molecular weight excluding hydrogens is 218 g/mol. The van der Waals surface area contributed by atoms with Crippen molar-refractivity contribution < 1.29 is 9.53 Å². The van der Waals surface area contributed by atoms with Crippen molar-refractivity contribution in [1.82, 2.24) is 14.3 Å². The van der Waals surface area contributed by atoms with Gasteiger partial charge in [-0.25, -0.2) is 4.79 Å². The fourth-order valence-electron chi connectivity index (χ4n) is 1.68. The topological polar surface area (TPSA) is 49.1 Å². The number of aromatic nitrogens is 3. The number of aryl methyl sites for hydroxylation is 2. The smallest absolute Gasteiger partial charge is 0.354 e. The summed E-state index contributed by atoms with van der Waals surface area (Å²) in [5.74, 6) is -0.308. The lowest BCUT2D eigenvalue weighted by Crippen LogP contribution is -2.08. The molecule has 5 heteroatoms. The quantitative estimate of drug-likeness (QED) is 0.757. The molecule has 2 aromatic rings. The molecule has 0 bridgehead atoms. The van der Waals surface area contributed by atoms with Crippen LogP contribution < -0.4 is 0 Å². The largest absolute Gasteiger partial charge is 0.461 e. The predicted molar refractivity (Wildman–Crippen MR) is 63.6 cm³/mol. The standard InChI is InChI=1S/C12H15N3O2/c1-4-17-12(16)11-7-9(8-14(11)2)10-5-6-15(3)13-10/h5-8H,4H2,1-3H3. The first-order valence-electron chi connectivity index (χ1n) is 5.45. The highest BCUT2D eigenvalue weighted by Crippen LogP contribution is 2.20. The number of esters is 1. The van der Waals surface area contributed by atoms with Crippen LogP contribution in [0.2, 0.25) is 0 Å². The number of hydrogen-bond acceptors (Lipinski definition) is 3. The van der Waals surface area contributed by atoms with Gasteiger partial charge in [0, 0.05) is 32.1 Å². The van der Waals surface area contributed by atoms with E-state index in [1.165, 1.54) is 0 Å². The van der Waals surface area contributed by atoms with E-state index in [9.17, 15) is 4.79 Å². The second-order valence-electron chi connectivity index (χ2n) is 3.82. The van der Waals surface area contributed by atoms with Gasteiger partial charge in [0.05, 0.1) is 12.3 Å². The first kappa shape index (κ1) is 11.4. The zero-order valence-electron chi connectivity index (χ0n) is 10.2. The van der Waals surface area contributed by atoms with Crippen LogP contribution in [0.15, 0.2) is 24.5 Å². The second kappa shape index (κ2) is 4.45. The lowest BCUT2D eigenvalue weighted by Gasteiger charge is -2.01. The Balaban J connectivity index is 2.33. The fourth-order valence-corrected chi connectivity index (χ4v) is 1.68. The Bertz CT molecular complexity index is 540. The third-order valence-corrected chi connectivity index (χ3v) is 2.50. The molecule has 2 aromatic heterocycles. The van der Waals surface area contributed by atoms with Gasteiger partial charge in [0.15, 0.2) is 0 Å². The Morgan fingerprint density at radius 2 is 2.24 bits per heavy atom. The molecule has 0 aliphatic rings. The highest BCUT2D eigenvalue weighted by atomic mass is 16.5. The summed E-state index contributed by atoms with van der Waals surface area (Å²) in [6.45, 7) is 2.17. The molecule has 0 unspecified atom stereocenters. The Morgan fingerprint density at radius 3 is 2.82 bits per heavy atom. The highest BCUT2D eigenvalue weighted by molar-refractivity contribution is 5.89. The monoisotopic (exact) mass is 233 g/mol. The number of carbonyl (C=O) groups is 1. The summed E-state index contributed by atoms with van der Waals surface area (Å²) in [6.07, 6.45) is 3.74. The van der Waals surface area contributed by atoms with Gasteiger partial charge in [-0.15, -0.1) is 0 Å². The van der Waals surface area contributed by atoms with Crippen LogP contribution >= 0.6 is 0 Å². The van der Waals surface area contributed by atoms with Crippen LogP contribution in [0.25, 0.3) is 11.3 Å². The molecule has 0 saturated heterocycles. The first-order valence-corrected chi connectivity index (χ1v) is 5.45. The Hall–Kier alpha value is -2.04. The van der Waals surface area contributed by atoms with E-state index in [-0.39, 0.29) is 5.97 Å². The summed E-state index contributed by atoms with van der Waals surface area (Å²) < 4.78 is 8.46. The molecule has 2 heterocycles. The first-order chi connectivity index (χ1) is 8.11. The second-order valence-corrected chi connectivity index (χ2v) is 3.82. The zero-order chi connectivity index (χ0) is 12.4. The van der Waals surface area contributed by atoms with E-state index in [0.29, 0.717) is 12.3 Å². The van der Waals surface area contributed by atoms with Crippen molar-refractivity contribution in [2.45, 2.75) is 6.92 Å². The summed E-state index contributed by atoms with van der Waals surface area (Å²) >= 11 is 0. The van der Waals surface area contributed by atoms with Crippen LogP contribution in [0.5, 0.6) is 0 Å². The van der Waals surface area contributed by atoms with E-state index in [4.69, 9.17) is 4.74 Å². The van der Waals surface area contributed by atoms with Crippen LogP contribution in [0, 0.1) is 0 Å². The lowest BCUT2D eigenvalue weighted by atomic mass is 10.2. The van der Waals surface area contributed by atoms with Crippen LogP contribution in [0.4, 0.5) is 0 Å². The van der Waals surface area contributed by atoms with Crippen molar-refractivity contribution >= 4 is 5.97 Å². The Morgan fingerprint density at radius 1 is 1.47 bits per heavy atom. The van der Waals surface area contributed by atoms with E-state index in [1.54, 1.807) is 22.2 Å². The molecule has 5 nitrogen and oxygen atoms in total. The van der Waals surface area contributed by atoms with E-state index in [1.807, 2.05) is 32.6 Å². The van der Waals surface area contributed by atoms with Crippen LogP contribution in [-0.4, -0.2) is 26.9 Å². The lowest BCUT2D eigenvalue weighted by molar-refractivity contribution is 0.0515. The van der Waals surface area contributed by atoms with Crippen molar-refractivity contribution in [2.75, 3.05) is 6.61 Å². The predicted octanol–water partition coefficient (Wildman–Crippen LogP) is 1.60. The Kier molecular flexibility index (Phi) is 2.99. The normalized spacial score (nSPS) is 10.5. The molecule has 0 spiro atoms. The van der Waals surface area contributed by atoms with Gasteiger partial charge in [0.25, 0.3) is 0 Å². The summed E-state index contributed by atoms with van der Waals surface area (Å²) in [4.78, 5) is 11.6. The number of ether oxygens (including phenoxy) is 1. The van der Waals surface area contributed by atoms with Gasteiger partial charge in [-0.2, -0.15) is 5.10 Å². The minimum absolute atomic E-state index is 0.308. The minimum Gasteiger partial charge on any atom is -0.461 e. The van der Waals surface area contributed by atoms with Crippen molar-refractivity contribution in [3.8, 4) is 11.3 Å². The van der Waals surface area contributed by atoms with Gasteiger partial charge in [-0.05, 0) is 19.1 Å². The van der Waals surface area contributed by atoms with Crippen LogP contribution in [0.1, 0.15) is 17.4 Å². The van der Waals surface area contributed by atoms with Crippen molar-refractivity contribution in [3.05, 3.63) is 30.2 Å². The average Bonchev–Trinajstić information content (AvgIpc) is 2.85. The molecule has 0 atom stereocenters. The minimum atomic E-state index is -0.308. The maximum atomic E-state index is 11.6. The molecule has 0 radical (unpaired) electrons. The highest BCUT2D eigenvalue weighted by Gasteiger charge is 2.14. The van der Waals surface area contributed by atoms with E-state index in [2.05, 4.69) is 5.10 Å². The summed E-state index contributed by atoms with van der Waals surface area (Å²) in [5.41, 5.74) is 2.29. The molecular formula is C12H15N3O2. The zero-order valence-corrected chi connectivity index (χ0v) is 10.2. The van der Waals surface area contributed by atoms with Crippen molar-refractivity contribution in [1.29, 1.82) is 0 Å². The molecule has 0 aliphatic heterocycles. The Labute approximate surface area is 99.6 Å². The maximum absolute atomic E-state index is 11.6. The van der Waals surface area contributed by atoms with Gasteiger partial charge in [0.2, 0.25) is 0 Å². The summed E-state index contributed by atoms with van der Waals surface area (Å²) in [7, 11) is 3.68. The van der Waals surface area contributed by atoms with Crippen molar-refractivity contribution in [3.63, 3.8) is 0 Å². The van der Waals surface area contributed by atoms with Crippen LogP contribution in [-0.2, 0) is 18.8 Å². The molecule has 2 rings (SSSR count). The van der Waals surface area contributed by atoms with E-state index in [0.717, 1.165) is 11.3 Å². The average molecular weight is 233 g/mol. The number of nitrogens with zero attached hydrogens (tertiary/aromatic N) is 3. The number of carbonyl (C=O) groups excluding carboxylic acids is 1. The molecule has 0 saturated carbocycles. The van der Waals surface area contributed by atoms with Gasteiger partial charge in [0.1, 0.15) is 5.69 Å². The molecule has 0 aliphatic carbocycles. The fraction of sp³-hybridized carbons (Fsp3) is 0.333. The number of rotatable bonds is 3. The molecule has 90 valence electrons. The maximum Gasteiger partial charge on any atom is 0.354 e. The third-order valence-electron chi connectivity index (χ3n) is 2.50. The molecule has 0 aromatic carbocycles. The van der Waals surface area contributed by atoms with Gasteiger partial charge >= 0.3 is 5.97 Å². The van der Waals surface area contributed by atoms with Crippen molar-refractivity contribution in [2.24, 2.45) is 14.1 Å². The number of hydrogen-bond donors (Lipinski definition) is 0. The molecule has 17 heavy (non-hydrogen) atoms. The summed E-state index contributed by atoms with van der Waals surface area (Å²) in [6, 6.07) is 3.70.